The van der Waals surface area contributed by atoms with E-state index in [9.17, 15) is 8.78 Å². The van der Waals surface area contributed by atoms with Crippen molar-refractivity contribution in [2.45, 2.75) is 18.9 Å². The van der Waals surface area contributed by atoms with Crippen molar-refractivity contribution in [3.05, 3.63) is 65.5 Å². The first kappa shape index (κ1) is 12.6. The van der Waals surface area contributed by atoms with E-state index in [2.05, 4.69) is 4.98 Å². The summed E-state index contributed by atoms with van der Waals surface area (Å²) in [6, 6.07) is 7.67. The summed E-state index contributed by atoms with van der Waals surface area (Å²) < 4.78 is 27.7. The molecule has 0 saturated carbocycles. The molecule has 94 valence electrons. The first-order valence-electron chi connectivity index (χ1n) is 5.73. The second-order valence-corrected chi connectivity index (χ2v) is 4.16. The summed E-state index contributed by atoms with van der Waals surface area (Å²) in [4.78, 5) is 3.68. The van der Waals surface area contributed by atoms with Crippen LogP contribution in [-0.2, 0) is 5.54 Å². The zero-order chi connectivity index (χ0) is 13.2. The monoisotopic (exact) mass is 248 g/mol. The molecule has 0 aliphatic carbocycles. The molecule has 0 aliphatic heterocycles. The summed E-state index contributed by atoms with van der Waals surface area (Å²) in [5.74, 6) is -0.955. The second kappa shape index (κ2) is 4.82. The van der Waals surface area contributed by atoms with Gasteiger partial charge in [0.25, 0.3) is 0 Å². The third-order valence-electron chi connectivity index (χ3n) is 3.17. The molecule has 18 heavy (non-hydrogen) atoms. The van der Waals surface area contributed by atoms with Gasteiger partial charge in [-0.3, -0.25) is 4.98 Å². The lowest BCUT2D eigenvalue weighted by atomic mass is 9.81. The van der Waals surface area contributed by atoms with Gasteiger partial charge in [-0.25, -0.2) is 8.78 Å². The standard InChI is InChI=1S/C14H14F2N2/c1-2-14(17,10-5-3-4-6-12(10)15)11-7-8-18-9-13(11)16/h3-9H,2,17H2,1H3. The maximum absolute atomic E-state index is 13.9. The molecule has 0 spiro atoms. The van der Waals surface area contributed by atoms with E-state index in [1.807, 2.05) is 0 Å². The van der Waals surface area contributed by atoms with Crippen LogP contribution in [0.5, 0.6) is 0 Å². The third kappa shape index (κ3) is 1.99. The predicted octanol–water partition coefficient (Wildman–Crippen LogP) is 2.97. The summed E-state index contributed by atoms with van der Waals surface area (Å²) in [6.07, 6.45) is 2.93. The van der Waals surface area contributed by atoms with Crippen LogP contribution in [0.2, 0.25) is 0 Å². The number of hydrogen-bond acceptors (Lipinski definition) is 2. The first-order chi connectivity index (χ1) is 8.59. The molecule has 2 nitrogen and oxygen atoms in total. The maximum atomic E-state index is 13.9. The molecule has 1 unspecified atom stereocenters. The van der Waals surface area contributed by atoms with Gasteiger partial charge >= 0.3 is 0 Å². The Morgan fingerprint density at radius 2 is 1.78 bits per heavy atom. The van der Waals surface area contributed by atoms with Crippen LogP contribution in [0.1, 0.15) is 24.5 Å². The molecule has 0 bridgehead atoms. The topological polar surface area (TPSA) is 38.9 Å². The minimum Gasteiger partial charge on any atom is -0.318 e. The minimum absolute atomic E-state index is 0.255. The highest BCUT2D eigenvalue weighted by Gasteiger charge is 2.32. The highest BCUT2D eigenvalue weighted by Crippen LogP contribution is 2.32. The van der Waals surface area contributed by atoms with Gasteiger partial charge in [0.1, 0.15) is 11.6 Å². The molecule has 4 heteroatoms. The molecule has 0 aliphatic rings. The summed E-state index contributed by atoms with van der Waals surface area (Å²) in [6.45, 7) is 1.80. The zero-order valence-electron chi connectivity index (χ0n) is 10.0. The molecule has 0 fully saturated rings. The minimum atomic E-state index is -1.18. The van der Waals surface area contributed by atoms with Crippen LogP contribution in [0.25, 0.3) is 0 Å². The number of nitrogens with zero attached hydrogens (tertiary/aromatic N) is 1. The quantitative estimate of drug-likeness (QED) is 0.907. The van der Waals surface area contributed by atoms with E-state index in [4.69, 9.17) is 5.73 Å². The Morgan fingerprint density at radius 1 is 1.11 bits per heavy atom. The van der Waals surface area contributed by atoms with E-state index in [-0.39, 0.29) is 11.1 Å². The number of aromatic nitrogens is 1. The van der Waals surface area contributed by atoms with Gasteiger partial charge in [-0.2, -0.15) is 0 Å². The van der Waals surface area contributed by atoms with Crippen LogP contribution < -0.4 is 5.73 Å². The number of rotatable bonds is 3. The molecule has 2 N–H and O–H groups in total. The van der Waals surface area contributed by atoms with E-state index >= 15 is 0 Å². The summed E-state index contributed by atoms with van der Waals surface area (Å²) >= 11 is 0. The molecular weight excluding hydrogens is 234 g/mol. The maximum Gasteiger partial charge on any atom is 0.146 e. The Hall–Kier alpha value is -1.81. The lowest BCUT2D eigenvalue weighted by molar-refractivity contribution is 0.452. The Kier molecular flexibility index (Phi) is 3.39. The Bertz CT molecular complexity index is 509. The molecule has 0 saturated heterocycles. The number of nitrogens with two attached hydrogens (primary N) is 1. The molecule has 0 radical (unpaired) electrons. The molecular formula is C14H14F2N2. The molecule has 1 heterocycles. The zero-order valence-corrected chi connectivity index (χ0v) is 10.0. The van der Waals surface area contributed by atoms with Crippen molar-refractivity contribution in [2.24, 2.45) is 5.73 Å². The average Bonchev–Trinajstić information content (AvgIpc) is 2.39. The van der Waals surface area contributed by atoms with E-state index in [1.165, 1.54) is 18.3 Å². The van der Waals surface area contributed by atoms with E-state index in [0.29, 0.717) is 6.42 Å². The predicted molar refractivity (Wildman–Crippen MR) is 65.9 cm³/mol. The summed E-state index contributed by atoms with van der Waals surface area (Å²) in [5.41, 5.74) is 5.60. The molecule has 2 rings (SSSR count). The van der Waals surface area contributed by atoms with E-state index in [0.717, 1.165) is 6.20 Å². The molecule has 1 aromatic heterocycles. The van der Waals surface area contributed by atoms with Gasteiger partial charge < -0.3 is 5.73 Å². The first-order valence-corrected chi connectivity index (χ1v) is 5.73. The Morgan fingerprint density at radius 3 is 2.39 bits per heavy atom. The van der Waals surface area contributed by atoms with E-state index < -0.39 is 17.2 Å². The number of pyridine rings is 1. The third-order valence-corrected chi connectivity index (χ3v) is 3.17. The van der Waals surface area contributed by atoms with Crippen LogP contribution in [0.3, 0.4) is 0 Å². The molecule has 1 aromatic carbocycles. The molecule has 1 atom stereocenters. The van der Waals surface area contributed by atoms with Crippen LogP contribution in [-0.4, -0.2) is 4.98 Å². The normalized spacial score (nSPS) is 14.2. The van der Waals surface area contributed by atoms with Gasteiger partial charge in [0.15, 0.2) is 0 Å². The van der Waals surface area contributed by atoms with Crippen LogP contribution in [0, 0.1) is 11.6 Å². The van der Waals surface area contributed by atoms with Gasteiger partial charge in [0.05, 0.1) is 11.7 Å². The number of benzene rings is 1. The van der Waals surface area contributed by atoms with Crippen LogP contribution in [0.15, 0.2) is 42.7 Å². The van der Waals surface area contributed by atoms with Gasteiger partial charge in [0.2, 0.25) is 0 Å². The SMILES string of the molecule is CCC(N)(c1ccccc1F)c1ccncc1F. The van der Waals surface area contributed by atoms with Crippen molar-refractivity contribution in [3.8, 4) is 0 Å². The molecule has 2 aromatic rings. The van der Waals surface area contributed by atoms with Gasteiger partial charge in [-0.05, 0) is 18.6 Å². The van der Waals surface area contributed by atoms with Gasteiger partial charge in [-0.1, -0.05) is 25.1 Å². The number of halogens is 2. The Labute approximate surface area is 104 Å². The van der Waals surface area contributed by atoms with Crippen molar-refractivity contribution in [3.63, 3.8) is 0 Å². The van der Waals surface area contributed by atoms with Crippen LogP contribution in [0.4, 0.5) is 8.78 Å². The van der Waals surface area contributed by atoms with Crippen LogP contribution >= 0.6 is 0 Å². The van der Waals surface area contributed by atoms with Crippen molar-refractivity contribution in [2.75, 3.05) is 0 Å². The number of hydrogen-bond donors (Lipinski definition) is 1. The van der Waals surface area contributed by atoms with Crippen molar-refractivity contribution < 1.29 is 8.78 Å². The summed E-state index contributed by atoms with van der Waals surface area (Å²) in [7, 11) is 0. The van der Waals surface area contributed by atoms with Crippen molar-refractivity contribution in [1.82, 2.24) is 4.98 Å². The summed E-state index contributed by atoms with van der Waals surface area (Å²) in [5, 5.41) is 0. The largest absolute Gasteiger partial charge is 0.318 e. The average molecular weight is 248 g/mol. The fraction of sp³-hybridized carbons (Fsp3) is 0.214. The highest BCUT2D eigenvalue weighted by molar-refractivity contribution is 5.38. The lowest BCUT2D eigenvalue weighted by Gasteiger charge is -2.29. The lowest BCUT2D eigenvalue weighted by Crippen LogP contribution is -2.39. The fourth-order valence-electron chi connectivity index (χ4n) is 2.09. The molecule has 0 amide bonds. The van der Waals surface area contributed by atoms with Crippen molar-refractivity contribution >= 4 is 0 Å². The van der Waals surface area contributed by atoms with E-state index in [1.54, 1.807) is 25.1 Å². The van der Waals surface area contributed by atoms with Crippen molar-refractivity contribution in [1.29, 1.82) is 0 Å². The highest BCUT2D eigenvalue weighted by atomic mass is 19.1. The second-order valence-electron chi connectivity index (χ2n) is 4.16. The van der Waals surface area contributed by atoms with Gasteiger partial charge in [-0.15, -0.1) is 0 Å². The fourth-order valence-corrected chi connectivity index (χ4v) is 2.09. The Balaban J connectivity index is 2.63. The smallest absolute Gasteiger partial charge is 0.146 e. The van der Waals surface area contributed by atoms with Gasteiger partial charge in [0, 0.05) is 17.3 Å².